The Morgan fingerprint density at radius 2 is 1.96 bits per heavy atom. The Morgan fingerprint density at radius 3 is 2.65 bits per heavy atom. The number of aryl methyl sites for hydroxylation is 2. The molecule has 1 aromatic carbocycles. The number of halogens is 1. The molecule has 0 unspecified atom stereocenters. The van der Waals surface area contributed by atoms with Gasteiger partial charge in [-0.3, -0.25) is 0 Å². The van der Waals surface area contributed by atoms with Gasteiger partial charge in [0.05, 0.1) is 0 Å². The molecule has 1 fully saturated rings. The van der Waals surface area contributed by atoms with Crippen molar-refractivity contribution in [2.75, 3.05) is 23.3 Å². The molecule has 0 atom stereocenters. The zero-order valence-electron chi connectivity index (χ0n) is 13.8. The maximum atomic E-state index is 6.21. The van der Waals surface area contributed by atoms with Crippen LogP contribution in [0.2, 0.25) is 5.02 Å². The van der Waals surface area contributed by atoms with Crippen LogP contribution in [-0.2, 0) is 6.42 Å². The van der Waals surface area contributed by atoms with Crippen LogP contribution in [0.3, 0.4) is 0 Å². The molecular formula is C18H23ClN4. The number of benzene rings is 1. The lowest BCUT2D eigenvalue weighted by molar-refractivity contribution is 0.859. The molecule has 1 aliphatic heterocycles. The van der Waals surface area contributed by atoms with Crippen molar-refractivity contribution >= 4 is 29.1 Å². The highest BCUT2D eigenvalue weighted by atomic mass is 35.5. The average Bonchev–Trinajstić information content (AvgIpc) is 3.06. The molecule has 2 aromatic rings. The maximum Gasteiger partial charge on any atom is 0.229 e. The van der Waals surface area contributed by atoms with Gasteiger partial charge in [0.2, 0.25) is 5.95 Å². The molecule has 1 saturated heterocycles. The van der Waals surface area contributed by atoms with Gasteiger partial charge in [0.1, 0.15) is 5.82 Å². The lowest BCUT2D eigenvalue weighted by Crippen LogP contribution is -2.20. The molecule has 2 heterocycles. The SMILES string of the molecule is CCCc1cc(N2CCCC2)nc(Nc2ccc(C)c(Cl)c2)n1. The van der Waals surface area contributed by atoms with Crippen LogP contribution in [0.4, 0.5) is 17.5 Å². The third kappa shape index (κ3) is 3.94. The Labute approximate surface area is 142 Å². The molecule has 0 aliphatic carbocycles. The second-order valence-electron chi connectivity index (χ2n) is 6.07. The lowest BCUT2D eigenvalue weighted by atomic mass is 10.2. The molecule has 5 heteroatoms. The quantitative estimate of drug-likeness (QED) is 0.860. The highest BCUT2D eigenvalue weighted by Gasteiger charge is 2.16. The first-order chi connectivity index (χ1) is 11.2. The van der Waals surface area contributed by atoms with E-state index < -0.39 is 0 Å². The molecule has 1 aliphatic rings. The predicted octanol–water partition coefficient (Wildman–Crippen LogP) is 4.73. The van der Waals surface area contributed by atoms with Crippen LogP contribution in [0.5, 0.6) is 0 Å². The van der Waals surface area contributed by atoms with Crippen LogP contribution in [0.15, 0.2) is 24.3 Å². The van der Waals surface area contributed by atoms with E-state index in [0.29, 0.717) is 5.95 Å². The summed E-state index contributed by atoms with van der Waals surface area (Å²) in [5, 5.41) is 4.05. The molecule has 1 N–H and O–H groups in total. The van der Waals surface area contributed by atoms with Gasteiger partial charge in [-0.15, -0.1) is 0 Å². The van der Waals surface area contributed by atoms with Crippen LogP contribution in [0, 0.1) is 6.92 Å². The molecule has 0 amide bonds. The molecule has 0 bridgehead atoms. The lowest BCUT2D eigenvalue weighted by Gasteiger charge is -2.18. The van der Waals surface area contributed by atoms with Gasteiger partial charge in [-0.25, -0.2) is 4.98 Å². The second kappa shape index (κ2) is 7.18. The van der Waals surface area contributed by atoms with Crippen molar-refractivity contribution in [2.24, 2.45) is 0 Å². The smallest absolute Gasteiger partial charge is 0.229 e. The standard InChI is InChI=1S/C18H23ClN4/c1-3-6-14-12-17(23-9-4-5-10-23)22-18(20-14)21-15-8-7-13(2)16(19)11-15/h7-8,11-12H,3-6,9-10H2,1-2H3,(H,20,21,22). The normalized spacial score (nSPS) is 14.3. The first kappa shape index (κ1) is 16.1. The maximum absolute atomic E-state index is 6.21. The van der Waals surface area contributed by atoms with Crippen LogP contribution in [0.25, 0.3) is 0 Å². The molecule has 0 radical (unpaired) electrons. The Kier molecular flexibility index (Phi) is 5.01. The van der Waals surface area contributed by atoms with E-state index in [-0.39, 0.29) is 0 Å². The van der Waals surface area contributed by atoms with Crippen molar-refractivity contribution in [1.29, 1.82) is 0 Å². The summed E-state index contributed by atoms with van der Waals surface area (Å²) in [5.41, 5.74) is 3.07. The van der Waals surface area contributed by atoms with Gasteiger partial charge in [-0.1, -0.05) is 31.0 Å². The summed E-state index contributed by atoms with van der Waals surface area (Å²) in [7, 11) is 0. The van der Waals surface area contributed by atoms with Gasteiger partial charge in [0.15, 0.2) is 0 Å². The number of aromatic nitrogens is 2. The number of nitrogens with zero attached hydrogens (tertiary/aromatic N) is 3. The molecule has 122 valence electrons. The average molecular weight is 331 g/mol. The Morgan fingerprint density at radius 1 is 1.17 bits per heavy atom. The summed E-state index contributed by atoms with van der Waals surface area (Å²) in [6, 6.07) is 8.05. The fraction of sp³-hybridized carbons (Fsp3) is 0.444. The summed E-state index contributed by atoms with van der Waals surface area (Å²) in [4.78, 5) is 11.7. The van der Waals surface area contributed by atoms with Crippen LogP contribution < -0.4 is 10.2 Å². The van der Waals surface area contributed by atoms with E-state index in [9.17, 15) is 0 Å². The Bertz CT molecular complexity index is 681. The highest BCUT2D eigenvalue weighted by Crippen LogP contribution is 2.25. The third-order valence-corrected chi connectivity index (χ3v) is 4.54. The first-order valence-corrected chi connectivity index (χ1v) is 8.69. The van der Waals surface area contributed by atoms with Gasteiger partial charge < -0.3 is 10.2 Å². The Hall–Kier alpha value is -1.81. The Balaban J connectivity index is 1.88. The predicted molar refractivity (Wildman–Crippen MR) is 96.9 cm³/mol. The van der Waals surface area contributed by atoms with Crippen molar-refractivity contribution in [2.45, 2.75) is 39.5 Å². The zero-order chi connectivity index (χ0) is 16.2. The first-order valence-electron chi connectivity index (χ1n) is 8.32. The van der Waals surface area contributed by atoms with Gasteiger partial charge in [-0.05, 0) is 43.9 Å². The van der Waals surface area contributed by atoms with E-state index in [2.05, 4.69) is 28.2 Å². The second-order valence-corrected chi connectivity index (χ2v) is 6.48. The summed E-state index contributed by atoms with van der Waals surface area (Å²) in [6.45, 7) is 6.33. The van der Waals surface area contributed by atoms with E-state index in [0.717, 1.165) is 53.7 Å². The summed E-state index contributed by atoms with van der Waals surface area (Å²) < 4.78 is 0. The fourth-order valence-corrected chi connectivity index (χ4v) is 3.01. The molecule has 3 rings (SSSR count). The van der Waals surface area contributed by atoms with E-state index in [4.69, 9.17) is 16.6 Å². The molecular weight excluding hydrogens is 308 g/mol. The van der Waals surface area contributed by atoms with Crippen LogP contribution >= 0.6 is 11.6 Å². The minimum Gasteiger partial charge on any atom is -0.356 e. The number of nitrogens with one attached hydrogen (secondary N) is 1. The van der Waals surface area contributed by atoms with E-state index in [1.54, 1.807) is 0 Å². The minimum atomic E-state index is 0.651. The van der Waals surface area contributed by atoms with Crippen molar-refractivity contribution in [3.05, 3.63) is 40.5 Å². The third-order valence-electron chi connectivity index (χ3n) is 4.13. The molecule has 0 spiro atoms. The van der Waals surface area contributed by atoms with Crippen LogP contribution in [-0.4, -0.2) is 23.1 Å². The molecule has 4 nitrogen and oxygen atoms in total. The topological polar surface area (TPSA) is 41.1 Å². The van der Waals surface area contributed by atoms with E-state index in [1.807, 2.05) is 25.1 Å². The largest absolute Gasteiger partial charge is 0.356 e. The van der Waals surface area contributed by atoms with Crippen molar-refractivity contribution in [3.8, 4) is 0 Å². The van der Waals surface area contributed by atoms with Gasteiger partial charge in [-0.2, -0.15) is 4.98 Å². The zero-order valence-corrected chi connectivity index (χ0v) is 14.5. The molecule has 1 aromatic heterocycles. The summed E-state index contributed by atoms with van der Waals surface area (Å²) in [5.74, 6) is 1.68. The van der Waals surface area contributed by atoms with Gasteiger partial charge in [0.25, 0.3) is 0 Å². The van der Waals surface area contributed by atoms with Gasteiger partial charge >= 0.3 is 0 Å². The number of anilines is 3. The fourth-order valence-electron chi connectivity index (χ4n) is 2.83. The summed E-state index contributed by atoms with van der Waals surface area (Å²) in [6.07, 6.45) is 4.52. The van der Waals surface area contributed by atoms with Crippen molar-refractivity contribution in [1.82, 2.24) is 9.97 Å². The van der Waals surface area contributed by atoms with Crippen molar-refractivity contribution < 1.29 is 0 Å². The highest BCUT2D eigenvalue weighted by molar-refractivity contribution is 6.31. The van der Waals surface area contributed by atoms with Crippen LogP contribution in [0.1, 0.15) is 37.4 Å². The molecule has 0 saturated carbocycles. The summed E-state index contributed by atoms with van der Waals surface area (Å²) >= 11 is 6.21. The van der Waals surface area contributed by atoms with E-state index in [1.165, 1.54) is 12.8 Å². The van der Waals surface area contributed by atoms with Crippen molar-refractivity contribution in [3.63, 3.8) is 0 Å². The van der Waals surface area contributed by atoms with Gasteiger partial charge in [0, 0.05) is 35.6 Å². The van der Waals surface area contributed by atoms with E-state index >= 15 is 0 Å². The number of hydrogen-bond donors (Lipinski definition) is 1. The number of hydrogen-bond acceptors (Lipinski definition) is 4. The molecule has 23 heavy (non-hydrogen) atoms. The number of rotatable bonds is 5. The minimum absolute atomic E-state index is 0.651. The monoisotopic (exact) mass is 330 g/mol.